The van der Waals surface area contributed by atoms with Crippen molar-refractivity contribution < 1.29 is 0 Å². The number of hydrogen-bond acceptors (Lipinski definition) is 5. The van der Waals surface area contributed by atoms with Crippen molar-refractivity contribution >= 4 is 33.7 Å². The van der Waals surface area contributed by atoms with Crippen LogP contribution in [0.15, 0.2) is 23.7 Å². The fourth-order valence-electron chi connectivity index (χ4n) is 3.19. The molecule has 1 saturated carbocycles. The van der Waals surface area contributed by atoms with Crippen LogP contribution in [-0.4, -0.2) is 31.0 Å². The molecule has 3 heterocycles. The van der Waals surface area contributed by atoms with E-state index in [-0.39, 0.29) is 0 Å². The van der Waals surface area contributed by atoms with E-state index in [0.29, 0.717) is 6.04 Å². The zero-order valence-corrected chi connectivity index (χ0v) is 12.1. The summed E-state index contributed by atoms with van der Waals surface area (Å²) < 4.78 is 2.35. The molecule has 1 aliphatic carbocycles. The van der Waals surface area contributed by atoms with Gasteiger partial charge < -0.3 is 4.57 Å². The second-order valence-electron chi connectivity index (χ2n) is 5.19. The number of aromatic nitrogens is 5. The SMILES string of the molecule is CSc1ncc2c3cnncc3n(C3CCCC3)c2n1. The maximum atomic E-state index is 4.73. The van der Waals surface area contributed by atoms with Crippen molar-refractivity contribution in [3.63, 3.8) is 0 Å². The fourth-order valence-corrected chi connectivity index (χ4v) is 3.53. The molecule has 0 amide bonds. The molecule has 4 rings (SSSR count). The van der Waals surface area contributed by atoms with Crippen LogP contribution in [-0.2, 0) is 0 Å². The quantitative estimate of drug-likeness (QED) is 0.534. The Bertz CT molecular complexity index is 776. The molecule has 3 aromatic rings. The minimum absolute atomic E-state index is 0.531. The lowest BCUT2D eigenvalue weighted by atomic mass is 10.2. The fraction of sp³-hybridized carbons (Fsp3) is 0.429. The third-order valence-corrected chi connectivity index (χ3v) is 4.67. The Morgan fingerprint density at radius 2 is 1.90 bits per heavy atom. The largest absolute Gasteiger partial charge is 0.321 e. The molecule has 0 aliphatic heterocycles. The highest BCUT2D eigenvalue weighted by Gasteiger charge is 2.23. The van der Waals surface area contributed by atoms with Crippen molar-refractivity contribution in [2.45, 2.75) is 36.9 Å². The molecule has 0 bridgehead atoms. The molecule has 1 fully saturated rings. The second kappa shape index (κ2) is 4.70. The molecule has 102 valence electrons. The molecule has 0 radical (unpaired) electrons. The predicted molar refractivity (Wildman–Crippen MR) is 79.9 cm³/mol. The molecule has 20 heavy (non-hydrogen) atoms. The maximum Gasteiger partial charge on any atom is 0.189 e. The van der Waals surface area contributed by atoms with Crippen molar-refractivity contribution in [1.82, 2.24) is 24.7 Å². The lowest BCUT2D eigenvalue weighted by molar-refractivity contribution is 0.545. The molecule has 1 aliphatic rings. The Kier molecular flexibility index (Phi) is 2.84. The first kappa shape index (κ1) is 12.1. The van der Waals surface area contributed by atoms with Gasteiger partial charge in [-0.1, -0.05) is 24.6 Å². The Hall–Kier alpha value is -1.69. The first-order valence-corrected chi connectivity index (χ1v) is 8.12. The van der Waals surface area contributed by atoms with E-state index >= 15 is 0 Å². The van der Waals surface area contributed by atoms with Crippen LogP contribution in [0.5, 0.6) is 0 Å². The van der Waals surface area contributed by atoms with E-state index in [0.717, 1.165) is 27.1 Å². The normalized spacial score (nSPS) is 16.4. The van der Waals surface area contributed by atoms with Gasteiger partial charge in [-0.3, -0.25) is 0 Å². The number of rotatable bonds is 2. The zero-order chi connectivity index (χ0) is 13.5. The number of nitrogens with zero attached hydrogens (tertiary/aromatic N) is 5. The summed E-state index contributed by atoms with van der Waals surface area (Å²) in [5, 5.41) is 11.1. The van der Waals surface area contributed by atoms with Crippen molar-refractivity contribution in [3.05, 3.63) is 18.6 Å². The van der Waals surface area contributed by atoms with E-state index < -0.39 is 0 Å². The van der Waals surface area contributed by atoms with Crippen LogP contribution in [0.1, 0.15) is 31.7 Å². The van der Waals surface area contributed by atoms with Gasteiger partial charge in [-0.2, -0.15) is 10.2 Å². The first-order chi connectivity index (χ1) is 9.88. The van der Waals surface area contributed by atoms with E-state index in [9.17, 15) is 0 Å². The van der Waals surface area contributed by atoms with Crippen molar-refractivity contribution in [2.75, 3.05) is 6.26 Å². The van der Waals surface area contributed by atoms with Gasteiger partial charge in [0.25, 0.3) is 0 Å². The molecule has 0 N–H and O–H groups in total. The van der Waals surface area contributed by atoms with Gasteiger partial charge in [-0.05, 0) is 19.1 Å². The van der Waals surface area contributed by atoms with Gasteiger partial charge in [0.05, 0.1) is 17.9 Å². The smallest absolute Gasteiger partial charge is 0.189 e. The summed E-state index contributed by atoms with van der Waals surface area (Å²) in [4.78, 5) is 9.14. The third kappa shape index (κ3) is 1.71. The Morgan fingerprint density at radius 3 is 2.70 bits per heavy atom. The number of fused-ring (bicyclic) bond motifs is 3. The van der Waals surface area contributed by atoms with Crippen LogP contribution in [0, 0.1) is 0 Å². The Morgan fingerprint density at radius 1 is 1.10 bits per heavy atom. The molecular formula is C14H15N5S. The minimum atomic E-state index is 0.531. The molecule has 0 spiro atoms. The topological polar surface area (TPSA) is 56.5 Å². The summed E-state index contributed by atoms with van der Waals surface area (Å²) >= 11 is 1.58. The van der Waals surface area contributed by atoms with E-state index in [1.165, 1.54) is 25.7 Å². The highest BCUT2D eigenvalue weighted by Crippen LogP contribution is 2.37. The molecule has 3 aromatic heterocycles. The zero-order valence-electron chi connectivity index (χ0n) is 11.3. The molecule has 0 unspecified atom stereocenters. The van der Waals surface area contributed by atoms with Gasteiger partial charge in [-0.25, -0.2) is 9.97 Å². The van der Waals surface area contributed by atoms with Crippen molar-refractivity contribution in [1.29, 1.82) is 0 Å². The Labute approximate surface area is 120 Å². The summed E-state index contributed by atoms with van der Waals surface area (Å²) in [6, 6.07) is 0.531. The van der Waals surface area contributed by atoms with Gasteiger partial charge >= 0.3 is 0 Å². The van der Waals surface area contributed by atoms with Gasteiger partial charge in [0.15, 0.2) is 5.16 Å². The lowest BCUT2D eigenvalue weighted by Crippen LogP contribution is -2.05. The standard InChI is InChI=1S/C14H15N5S/c1-20-14-15-6-11-10-7-16-17-8-12(10)19(13(11)18-14)9-4-2-3-5-9/h6-9H,2-5H2,1H3. The molecule has 0 atom stereocenters. The molecular weight excluding hydrogens is 270 g/mol. The van der Waals surface area contributed by atoms with Crippen LogP contribution < -0.4 is 0 Å². The molecule has 5 nitrogen and oxygen atoms in total. The second-order valence-corrected chi connectivity index (χ2v) is 5.96. The van der Waals surface area contributed by atoms with Gasteiger partial charge in [-0.15, -0.1) is 0 Å². The third-order valence-electron chi connectivity index (χ3n) is 4.11. The predicted octanol–water partition coefficient (Wildman–Crippen LogP) is 3.21. The van der Waals surface area contributed by atoms with Gasteiger partial charge in [0, 0.05) is 23.0 Å². The van der Waals surface area contributed by atoms with E-state index in [4.69, 9.17) is 4.98 Å². The molecule has 0 aromatic carbocycles. The van der Waals surface area contributed by atoms with Gasteiger partial charge in [0.2, 0.25) is 0 Å². The summed E-state index contributed by atoms with van der Waals surface area (Å²) in [7, 11) is 0. The average Bonchev–Trinajstić information content (AvgIpc) is 3.11. The number of thioether (sulfide) groups is 1. The Balaban J connectivity index is 2.09. The maximum absolute atomic E-state index is 4.73. The lowest BCUT2D eigenvalue weighted by Gasteiger charge is -2.14. The van der Waals surface area contributed by atoms with Crippen molar-refractivity contribution in [3.8, 4) is 0 Å². The number of hydrogen-bond donors (Lipinski definition) is 0. The average molecular weight is 285 g/mol. The summed E-state index contributed by atoms with van der Waals surface area (Å²) in [6.07, 6.45) is 12.6. The van der Waals surface area contributed by atoms with Crippen LogP contribution in [0.25, 0.3) is 21.9 Å². The minimum Gasteiger partial charge on any atom is -0.321 e. The monoisotopic (exact) mass is 285 g/mol. The molecule has 0 saturated heterocycles. The summed E-state index contributed by atoms with van der Waals surface area (Å²) in [6.45, 7) is 0. The van der Waals surface area contributed by atoms with Crippen LogP contribution in [0.4, 0.5) is 0 Å². The van der Waals surface area contributed by atoms with Crippen LogP contribution in [0.3, 0.4) is 0 Å². The summed E-state index contributed by atoms with van der Waals surface area (Å²) in [5.74, 6) is 0. The van der Waals surface area contributed by atoms with Gasteiger partial charge in [0.1, 0.15) is 5.65 Å². The van der Waals surface area contributed by atoms with E-state index in [1.807, 2.05) is 24.8 Å². The van der Waals surface area contributed by atoms with E-state index in [2.05, 4.69) is 19.7 Å². The van der Waals surface area contributed by atoms with E-state index in [1.54, 1.807) is 11.8 Å². The molecule has 6 heteroatoms. The van der Waals surface area contributed by atoms with Crippen LogP contribution in [0.2, 0.25) is 0 Å². The van der Waals surface area contributed by atoms with Crippen molar-refractivity contribution in [2.24, 2.45) is 0 Å². The van der Waals surface area contributed by atoms with Crippen LogP contribution >= 0.6 is 11.8 Å². The highest BCUT2D eigenvalue weighted by atomic mass is 32.2. The first-order valence-electron chi connectivity index (χ1n) is 6.90. The highest BCUT2D eigenvalue weighted by molar-refractivity contribution is 7.98. The summed E-state index contributed by atoms with van der Waals surface area (Å²) in [5.41, 5.74) is 2.16.